The predicted molar refractivity (Wildman–Crippen MR) is 63.5 cm³/mol. The van der Waals surface area contributed by atoms with Gasteiger partial charge in [-0.1, -0.05) is 13.8 Å². The van der Waals surface area contributed by atoms with E-state index in [1.807, 2.05) is 13.8 Å². The van der Waals surface area contributed by atoms with Gasteiger partial charge in [-0.25, -0.2) is 8.78 Å². The van der Waals surface area contributed by atoms with E-state index in [1.54, 1.807) is 6.92 Å². The van der Waals surface area contributed by atoms with Gasteiger partial charge in [-0.3, -0.25) is 9.97 Å². The molecule has 0 aliphatic carbocycles. The van der Waals surface area contributed by atoms with Crippen molar-refractivity contribution in [3.8, 4) is 11.3 Å². The molecular weight excluding hydrogens is 222 g/mol. The number of benzene rings is 1. The Bertz CT molecular complexity index is 481. The summed E-state index contributed by atoms with van der Waals surface area (Å²) in [6.07, 6.45) is 3.00. The Morgan fingerprint density at radius 2 is 1.71 bits per heavy atom. The number of aryl methyl sites for hydroxylation is 1. The highest BCUT2D eigenvalue weighted by molar-refractivity contribution is 5.58. The maximum absolute atomic E-state index is 13.3. The zero-order chi connectivity index (χ0) is 12.8. The average molecular weight is 236 g/mol. The molecule has 0 atom stereocenters. The van der Waals surface area contributed by atoms with Crippen LogP contribution < -0.4 is 0 Å². The molecule has 0 amide bonds. The molecule has 0 unspecified atom stereocenters. The number of nitrogens with zero attached hydrogens (tertiary/aromatic N) is 2. The third kappa shape index (κ3) is 3.31. The highest BCUT2D eigenvalue weighted by Crippen LogP contribution is 2.20. The summed E-state index contributed by atoms with van der Waals surface area (Å²) in [5, 5.41) is 0. The van der Waals surface area contributed by atoms with Gasteiger partial charge in [0.05, 0.1) is 17.6 Å². The van der Waals surface area contributed by atoms with Gasteiger partial charge >= 0.3 is 0 Å². The molecule has 4 heteroatoms. The topological polar surface area (TPSA) is 25.8 Å². The van der Waals surface area contributed by atoms with Crippen LogP contribution in [0.2, 0.25) is 0 Å². The summed E-state index contributed by atoms with van der Waals surface area (Å²) in [5.74, 6) is -1.23. The fourth-order valence-corrected chi connectivity index (χ4v) is 1.23. The average Bonchev–Trinajstić information content (AvgIpc) is 2.33. The molecule has 2 nitrogen and oxygen atoms in total. The van der Waals surface area contributed by atoms with E-state index < -0.39 is 11.6 Å². The molecule has 1 heterocycles. The standard InChI is InChI=1S/C11H8F2N2.C2H6/c1-7-5-15-11(6-14-7)9-3-2-8(12)4-10(9)13;1-2/h2-6H,1H3;1-2H3. The van der Waals surface area contributed by atoms with Crippen molar-refractivity contribution in [1.82, 2.24) is 9.97 Å². The monoisotopic (exact) mass is 236 g/mol. The third-order valence-corrected chi connectivity index (χ3v) is 1.99. The van der Waals surface area contributed by atoms with Crippen LogP contribution in [0.1, 0.15) is 19.5 Å². The van der Waals surface area contributed by atoms with Gasteiger partial charge in [0, 0.05) is 17.8 Å². The molecule has 0 saturated heterocycles. The van der Waals surface area contributed by atoms with Crippen LogP contribution in [-0.2, 0) is 0 Å². The SMILES string of the molecule is CC.Cc1cnc(-c2ccc(F)cc2F)cn1. The summed E-state index contributed by atoms with van der Waals surface area (Å²) in [5.41, 5.74) is 1.41. The molecule has 1 aromatic heterocycles. The van der Waals surface area contributed by atoms with E-state index in [0.717, 1.165) is 11.8 Å². The first-order valence-electron chi connectivity index (χ1n) is 5.41. The lowest BCUT2D eigenvalue weighted by Gasteiger charge is -2.02. The minimum Gasteiger partial charge on any atom is -0.258 e. The van der Waals surface area contributed by atoms with Crippen LogP contribution in [-0.4, -0.2) is 9.97 Å². The van der Waals surface area contributed by atoms with E-state index in [4.69, 9.17) is 0 Å². The van der Waals surface area contributed by atoms with Gasteiger partial charge in [0.25, 0.3) is 0 Å². The molecule has 17 heavy (non-hydrogen) atoms. The Labute approximate surface area is 99.4 Å². The molecule has 0 radical (unpaired) electrons. The van der Waals surface area contributed by atoms with E-state index in [0.29, 0.717) is 5.69 Å². The Kier molecular flexibility index (Phi) is 4.69. The number of hydrogen-bond acceptors (Lipinski definition) is 2. The molecule has 2 aromatic rings. The molecule has 90 valence electrons. The Morgan fingerprint density at radius 1 is 1.00 bits per heavy atom. The second-order valence-electron chi connectivity index (χ2n) is 3.17. The molecule has 0 aliphatic rings. The van der Waals surface area contributed by atoms with Crippen LogP contribution in [0, 0.1) is 18.6 Å². The third-order valence-electron chi connectivity index (χ3n) is 1.99. The van der Waals surface area contributed by atoms with Gasteiger partial charge in [-0.15, -0.1) is 0 Å². The van der Waals surface area contributed by atoms with E-state index in [-0.39, 0.29) is 5.56 Å². The van der Waals surface area contributed by atoms with Gasteiger partial charge in [0.15, 0.2) is 0 Å². The molecule has 0 bridgehead atoms. The van der Waals surface area contributed by atoms with Crippen molar-refractivity contribution < 1.29 is 8.78 Å². The smallest absolute Gasteiger partial charge is 0.135 e. The van der Waals surface area contributed by atoms with Crippen LogP contribution in [0.4, 0.5) is 8.78 Å². The van der Waals surface area contributed by atoms with Crippen LogP contribution in [0.5, 0.6) is 0 Å². The summed E-state index contributed by atoms with van der Waals surface area (Å²) in [6, 6.07) is 3.38. The zero-order valence-electron chi connectivity index (χ0n) is 10.0. The number of hydrogen-bond donors (Lipinski definition) is 0. The van der Waals surface area contributed by atoms with Gasteiger partial charge in [0.2, 0.25) is 0 Å². The molecule has 0 fully saturated rings. The lowest BCUT2D eigenvalue weighted by atomic mass is 10.1. The van der Waals surface area contributed by atoms with Gasteiger partial charge < -0.3 is 0 Å². The fourth-order valence-electron chi connectivity index (χ4n) is 1.23. The molecule has 0 N–H and O–H groups in total. The first kappa shape index (κ1) is 13.2. The quantitative estimate of drug-likeness (QED) is 0.753. The van der Waals surface area contributed by atoms with Crippen LogP contribution in [0.15, 0.2) is 30.6 Å². The normalized spacial score (nSPS) is 9.47. The maximum Gasteiger partial charge on any atom is 0.135 e. The van der Waals surface area contributed by atoms with Crippen molar-refractivity contribution in [3.05, 3.63) is 47.9 Å². The van der Waals surface area contributed by atoms with Crippen LogP contribution >= 0.6 is 0 Å². The summed E-state index contributed by atoms with van der Waals surface area (Å²) < 4.78 is 26.0. The minimum absolute atomic E-state index is 0.254. The summed E-state index contributed by atoms with van der Waals surface area (Å²) in [4.78, 5) is 8.01. The Morgan fingerprint density at radius 3 is 2.24 bits per heavy atom. The van der Waals surface area contributed by atoms with E-state index >= 15 is 0 Å². The molecule has 2 rings (SSSR count). The van der Waals surface area contributed by atoms with Crippen molar-refractivity contribution in [3.63, 3.8) is 0 Å². The van der Waals surface area contributed by atoms with E-state index in [9.17, 15) is 8.78 Å². The van der Waals surface area contributed by atoms with Crippen molar-refractivity contribution in [2.45, 2.75) is 20.8 Å². The summed E-state index contributed by atoms with van der Waals surface area (Å²) >= 11 is 0. The van der Waals surface area contributed by atoms with Crippen molar-refractivity contribution in [2.75, 3.05) is 0 Å². The largest absolute Gasteiger partial charge is 0.258 e. The van der Waals surface area contributed by atoms with Gasteiger partial charge in [-0.05, 0) is 19.1 Å². The molecule has 0 aliphatic heterocycles. The Balaban J connectivity index is 0.000000686. The molecule has 1 aromatic carbocycles. The van der Waals surface area contributed by atoms with Crippen LogP contribution in [0.25, 0.3) is 11.3 Å². The lowest BCUT2D eigenvalue weighted by Crippen LogP contribution is -1.91. The zero-order valence-corrected chi connectivity index (χ0v) is 10.0. The second kappa shape index (κ2) is 6.03. The highest BCUT2D eigenvalue weighted by Gasteiger charge is 2.07. The van der Waals surface area contributed by atoms with Crippen LogP contribution in [0.3, 0.4) is 0 Å². The van der Waals surface area contributed by atoms with Crippen molar-refractivity contribution >= 4 is 0 Å². The van der Waals surface area contributed by atoms with E-state index in [2.05, 4.69) is 9.97 Å². The highest BCUT2D eigenvalue weighted by atomic mass is 19.1. The molecule has 0 spiro atoms. The Hall–Kier alpha value is -1.84. The maximum atomic E-state index is 13.3. The van der Waals surface area contributed by atoms with E-state index in [1.165, 1.54) is 24.5 Å². The first-order chi connectivity index (χ1) is 8.16. The number of rotatable bonds is 1. The number of aromatic nitrogens is 2. The molecule has 0 saturated carbocycles. The van der Waals surface area contributed by atoms with Gasteiger partial charge in [0.1, 0.15) is 11.6 Å². The lowest BCUT2D eigenvalue weighted by molar-refractivity contribution is 0.585. The predicted octanol–water partition coefficient (Wildman–Crippen LogP) is 3.76. The summed E-state index contributed by atoms with van der Waals surface area (Å²) in [7, 11) is 0. The minimum atomic E-state index is -0.631. The van der Waals surface area contributed by atoms with Crippen molar-refractivity contribution in [1.29, 1.82) is 0 Å². The van der Waals surface area contributed by atoms with Gasteiger partial charge in [-0.2, -0.15) is 0 Å². The summed E-state index contributed by atoms with van der Waals surface area (Å²) in [6.45, 7) is 5.79. The number of halogens is 2. The van der Waals surface area contributed by atoms with Crippen molar-refractivity contribution in [2.24, 2.45) is 0 Å². The first-order valence-corrected chi connectivity index (χ1v) is 5.41. The molecular formula is C13H14F2N2. The fraction of sp³-hybridized carbons (Fsp3) is 0.231. The second-order valence-corrected chi connectivity index (χ2v) is 3.17.